The van der Waals surface area contributed by atoms with Gasteiger partial charge in [0.2, 0.25) is 0 Å². The minimum Gasteiger partial charge on any atom is -0.464 e. The molecule has 3 nitrogen and oxygen atoms in total. The maximum Gasteiger partial charge on any atom is 0.118 e. The van der Waals surface area contributed by atoms with E-state index in [1.165, 1.54) is 0 Å². The summed E-state index contributed by atoms with van der Waals surface area (Å²) in [7, 11) is -1.12. The monoisotopic (exact) mass is 325 g/mol. The van der Waals surface area contributed by atoms with Gasteiger partial charge in [-0.25, -0.2) is 0 Å². The second-order valence-corrected chi connectivity index (χ2v) is 7.80. The molecule has 0 saturated carbocycles. The topological polar surface area (TPSA) is 42.2 Å². The van der Waals surface area contributed by atoms with Crippen molar-refractivity contribution in [3.8, 4) is 0 Å². The van der Waals surface area contributed by atoms with E-state index in [2.05, 4.69) is 26.1 Å². The first-order valence-electron chi connectivity index (χ1n) is 6.80. The smallest absolute Gasteiger partial charge is 0.118 e. The Morgan fingerprint density at radius 1 is 1.10 bits per heavy atom. The van der Waals surface area contributed by atoms with Crippen molar-refractivity contribution >= 4 is 22.4 Å². The van der Waals surface area contributed by atoms with Gasteiger partial charge in [0, 0.05) is 15.5 Å². The lowest BCUT2D eigenvalue weighted by atomic mass is 10.1. The molecule has 1 atom stereocenters. The fourth-order valence-electron chi connectivity index (χ4n) is 1.75. The molecule has 0 bridgehead atoms. The van der Waals surface area contributed by atoms with E-state index < -0.39 is 10.8 Å². The maximum absolute atomic E-state index is 12.2. The molecule has 1 aromatic heterocycles. The van der Waals surface area contributed by atoms with Gasteiger partial charge in [-0.2, -0.15) is 0 Å². The summed E-state index contributed by atoms with van der Waals surface area (Å²) in [5, 5.41) is 4.00. The van der Waals surface area contributed by atoms with E-state index >= 15 is 0 Å². The molecule has 2 aromatic rings. The molecule has 0 saturated heterocycles. The fourth-order valence-corrected chi connectivity index (χ4v) is 2.89. The Morgan fingerprint density at radius 3 is 2.33 bits per heavy atom. The zero-order chi connectivity index (χ0) is 15.5. The number of benzene rings is 1. The average molecular weight is 326 g/mol. The largest absolute Gasteiger partial charge is 0.464 e. The highest BCUT2D eigenvalue weighted by Crippen LogP contribution is 2.17. The van der Waals surface area contributed by atoms with Crippen molar-refractivity contribution in [3.63, 3.8) is 0 Å². The Balaban J connectivity index is 1.96. The lowest BCUT2D eigenvalue weighted by Crippen LogP contribution is -2.34. The number of halogens is 1. The van der Waals surface area contributed by atoms with Gasteiger partial charge in [-0.05, 0) is 57.2 Å². The molecular formula is C16H20ClNO2S. The third-order valence-corrected chi connectivity index (χ3v) is 4.46. The lowest BCUT2D eigenvalue weighted by Gasteiger charge is -2.19. The van der Waals surface area contributed by atoms with Gasteiger partial charge in [0.05, 0.1) is 23.1 Å². The van der Waals surface area contributed by atoms with Crippen LogP contribution < -0.4 is 5.32 Å². The maximum atomic E-state index is 12.2. The minimum absolute atomic E-state index is 0.0408. The van der Waals surface area contributed by atoms with Gasteiger partial charge in [-0.3, -0.25) is 4.21 Å². The Labute approximate surface area is 133 Å². The average Bonchev–Trinajstić information content (AvgIpc) is 2.84. The first-order chi connectivity index (χ1) is 9.83. The van der Waals surface area contributed by atoms with Gasteiger partial charge in [0.1, 0.15) is 11.5 Å². The Morgan fingerprint density at radius 2 is 1.71 bits per heavy atom. The van der Waals surface area contributed by atoms with Gasteiger partial charge in [0.15, 0.2) is 0 Å². The highest BCUT2D eigenvalue weighted by molar-refractivity contribution is 7.84. The molecule has 21 heavy (non-hydrogen) atoms. The number of nitrogens with one attached hydrogen (secondary N) is 1. The Kier molecular flexibility index (Phi) is 5.25. The van der Waals surface area contributed by atoms with Crippen molar-refractivity contribution in [3.05, 3.63) is 52.9 Å². The third-order valence-electron chi connectivity index (χ3n) is 2.86. The van der Waals surface area contributed by atoms with E-state index in [-0.39, 0.29) is 5.54 Å². The van der Waals surface area contributed by atoms with Crippen molar-refractivity contribution in [2.45, 2.75) is 43.5 Å². The highest BCUT2D eigenvalue weighted by Gasteiger charge is 2.12. The summed E-state index contributed by atoms with van der Waals surface area (Å²) in [5.74, 6) is 1.96. The molecule has 1 aromatic carbocycles. The minimum atomic E-state index is -1.12. The van der Waals surface area contributed by atoms with Crippen LogP contribution >= 0.6 is 11.6 Å². The molecular weight excluding hydrogens is 306 g/mol. The summed E-state index contributed by atoms with van der Waals surface area (Å²) < 4.78 is 18.0. The molecule has 0 spiro atoms. The van der Waals surface area contributed by atoms with Crippen LogP contribution in [0.25, 0.3) is 0 Å². The van der Waals surface area contributed by atoms with Crippen LogP contribution in [0.5, 0.6) is 0 Å². The van der Waals surface area contributed by atoms with Crippen LogP contribution in [0.4, 0.5) is 0 Å². The van der Waals surface area contributed by atoms with Crippen molar-refractivity contribution in [1.29, 1.82) is 0 Å². The molecule has 1 N–H and O–H groups in total. The van der Waals surface area contributed by atoms with Crippen LogP contribution in [-0.4, -0.2) is 9.75 Å². The molecule has 0 amide bonds. The fraction of sp³-hybridized carbons (Fsp3) is 0.375. The van der Waals surface area contributed by atoms with E-state index in [1.54, 1.807) is 24.3 Å². The number of hydrogen-bond acceptors (Lipinski definition) is 3. The van der Waals surface area contributed by atoms with Crippen LogP contribution in [0.1, 0.15) is 32.3 Å². The summed E-state index contributed by atoms with van der Waals surface area (Å²) >= 11 is 5.83. The predicted octanol–water partition coefficient (Wildman–Crippen LogP) is 4.13. The van der Waals surface area contributed by atoms with Crippen LogP contribution in [0, 0.1) is 0 Å². The zero-order valence-electron chi connectivity index (χ0n) is 12.5. The van der Waals surface area contributed by atoms with Crippen molar-refractivity contribution in [2.24, 2.45) is 0 Å². The molecule has 0 aliphatic heterocycles. The molecule has 0 radical (unpaired) electrons. The second kappa shape index (κ2) is 6.77. The molecule has 1 unspecified atom stereocenters. The van der Waals surface area contributed by atoms with E-state index in [4.69, 9.17) is 16.0 Å². The van der Waals surface area contributed by atoms with E-state index in [0.717, 1.165) is 16.4 Å². The molecule has 114 valence electrons. The lowest BCUT2D eigenvalue weighted by molar-refractivity contribution is 0.382. The normalized spacial score (nSPS) is 13.3. The Hall–Kier alpha value is -1.10. The van der Waals surface area contributed by atoms with Crippen molar-refractivity contribution in [2.75, 3.05) is 0 Å². The molecule has 0 fully saturated rings. The van der Waals surface area contributed by atoms with Gasteiger partial charge >= 0.3 is 0 Å². The first kappa shape index (κ1) is 16.3. The third kappa shape index (κ3) is 5.30. The van der Waals surface area contributed by atoms with Gasteiger partial charge in [-0.1, -0.05) is 11.6 Å². The molecule has 0 aliphatic rings. The highest BCUT2D eigenvalue weighted by atomic mass is 35.5. The summed E-state index contributed by atoms with van der Waals surface area (Å²) in [4.78, 5) is 0.755. The summed E-state index contributed by atoms with van der Waals surface area (Å²) in [6.07, 6.45) is 0. The SMILES string of the molecule is CC(C)(C)NCc1ccc(CS(=O)c2ccc(Cl)cc2)o1. The van der Waals surface area contributed by atoms with Crippen LogP contribution in [0.2, 0.25) is 5.02 Å². The second-order valence-electron chi connectivity index (χ2n) is 5.92. The molecule has 1 heterocycles. The van der Waals surface area contributed by atoms with Gasteiger partial charge < -0.3 is 9.73 Å². The first-order valence-corrected chi connectivity index (χ1v) is 8.50. The quantitative estimate of drug-likeness (QED) is 0.898. The summed E-state index contributed by atoms with van der Waals surface area (Å²) in [6.45, 7) is 6.97. The molecule has 2 rings (SSSR count). The van der Waals surface area contributed by atoms with Crippen molar-refractivity contribution in [1.82, 2.24) is 5.32 Å². The van der Waals surface area contributed by atoms with E-state index in [1.807, 2.05) is 12.1 Å². The van der Waals surface area contributed by atoms with Gasteiger partial charge in [0.25, 0.3) is 0 Å². The van der Waals surface area contributed by atoms with Crippen LogP contribution in [0.15, 0.2) is 45.7 Å². The summed E-state index contributed by atoms with van der Waals surface area (Å²) in [6, 6.07) is 10.9. The standard InChI is InChI=1S/C16H20ClNO2S/c1-16(2,3)18-10-13-6-7-14(20-13)11-21(19)15-8-4-12(17)5-9-15/h4-9,18H,10-11H2,1-3H3. The van der Waals surface area contributed by atoms with Crippen molar-refractivity contribution < 1.29 is 8.63 Å². The van der Waals surface area contributed by atoms with Gasteiger partial charge in [-0.15, -0.1) is 0 Å². The summed E-state index contributed by atoms with van der Waals surface area (Å²) in [5.41, 5.74) is 0.0408. The van der Waals surface area contributed by atoms with E-state index in [0.29, 0.717) is 17.3 Å². The van der Waals surface area contributed by atoms with Crippen LogP contribution in [-0.2, 0) is 23.1 Å². The van der Waals surface area contributed by atoms with Crippen LogP contribution in [0.3, 0.4) is 0 Å². The Bertz CT molecular complexity index is 614. The number of hydrogen-bond donors (Lipinski definition) is 1. The number of rotatable bonds is 5. The zero-order valence-corrected chi connectivity index (χ0v) is 14.1. The molecule has 0 aliphatic carbocycles. The predicted molar refractivity (Wildman–Crippen MR) is 86.9 cm³/mol. The van der Waals surface area contributed by atoms with E-state index in [9.17, 15) is 4.21 Å². The number of furan rings is 1. The molecule has 5 heteroatoms.